The van der Waals surface area contributed by atoms with Crippen LogP contribution in [-0.4, -0.2) is 42.0 Å². The molecule has 0 saturated carbocycles. The normalized spacial score (nSPS) is 22.7. The van der Waals surface area contributed by atoms with Gasteiger partial charge in [-0.2, -0.15) is 0 Å². The number of nitrogens with zero attached hydrogens (tertiary/aromatic N) is 3. The topological polar surface area (TPSA) is 87.7 Å². The van der Waals surface area contributed by atoms with Crippen molar-refractivity contribution >= 4 is 17.1 Å². The number of benzene rings is 1. The van der Waals surface area contributed by atoms with E-state index in [0.29, 0.717) is 17.4 Å². The summed E-state index contributed by atoms with van der Waals surface area (Å²) in [6, 6.07) is 5.77. The van der Waals surface area contributed by atoms with Crippen molar-refractivity contribution in [2.24, 2.45) is 5.84 Å². The highest BCUT2D eigenvalue weighted by molar-refractivity contribution is 5.77. The number of nitrogen functional groups attached to an aromatic ring is 1. The van der Waals surface area contributed by atoms with Gasteiger partial charge in [0, 0.05) is 19.1 Å². The van der Waals surface area contributed by atoms with Gasteiger partial charge in [-0.05, 0) is 44.5 Å². The van der Waals surface area contributed by atoms with Crippen molar-refractivity contribution in [3.8, 4) is 0 Å². The van der Waals surface area contributed by atoms with Crippen molar-refractivity contribution in [2.75, 3.05) is 36.5 Å². The van der Waals surface area contributed by atoms with Gasteiger partial charge in [0.05, 0.1) is 4.92 Å². The summed E-state index contributed by atoms with van der Waals surface area (Å²) in [6.45, 7) is 4.03. The second-order valence-electron chi connectivity index (χ2n) is 5.71. The van der Waals surface area contributed by atoms with Gasteiger partial charge in [-0.25, -0.2) is 0 Å². The third-order valence-corrected chi connectivity index (χ3v) is 4.51. The van der Waals surface area contributed by atoms with Gasteiger partial charge in [0.2, 0.25) is 0 Å². The highest BCUT2D eigenvalue weighted by Gasteiger charge is 2.32. The van der Waals surface area contributed by atoms with Crippen molar-refractivity contribution in [1.82, 2.24) is 4.90 Å². The first-order valence-corrected chi connectivity index (χ1v) is 7.43. The molecule has 7 nitrogen and oxygen atoms in total. The zero-order chi connectivity index (χ0) is 14.8. The average molecular weight is 291 g/mol. The highest BCUT2D eigenvalue weighted by Crippen LogP contribution is 2.37. The van der Waals surface area contributed by atoms with Gasteiger partial charge in [0.25, 0.3) is 0 Å². The quantitative estimate of drug-likeness (QED) is 0.497. The Hall–Kier alpha value is -1.86. The third-order valence-electron chi connectivity index (χ3n) is 4.51. The maximum Gasteiger partial charge on any atom is 0.316 e. The Labute approximate surface area is 123 Å². The first-order valence-electron chi connectivity index (χ1n) is 7.43. The van der Waals surface area contributed by atoms with Crippen LogP contribution in [0, 0.1) is 10.1 Å². The van der Waals surface area contributed by atoms with Crippen LogP contribution in [-0.2, 0) is 0 Å². The van der Waals surface area contributed by atoms with Crippen LogP contribution in [0.15, 0.2) is 18.2 Å². The van der Waals surface area contributed by atoms with Gasteiger partial charge in [-0.3, -0.25) is 20.9 Å². The first kappa shape index (κ1) is 14.1. The Kier molecular flexibility index (Phi) is 3.94. The van der Waals surface area contributed by atoms with Crippen LogP contribution in [0.3, 0.4) is 0 Å². The largest absolute Gasteiger partial charge is 0.364 e. The van der Waals surface area contributed by atoms with Crippen molar-refractivity contribution in [3.05, 3.63) is 28.3 Å². The molecule has 0 spiro atoms. The van der Waals surface area contributed by atoms with E-state index in [9.17, 15) is 10.1 Å². The zero-order valence-corrected chi connectivity index (χ0v) is 12.0. The van der Waals surface area contributed by atoms with Crippen LogP contribution in [0.25, 0.3) is 0 Å². The van der Waals surface area contributed by atoms with E-state index in [1.54, 1.807) is 12.1 Å². The SMILES string of the molecule is NNc1cccc(N2CCC(N3CCCC3)C2)c1[N+](=O)[O-]. The molecule has 1 aromatic rings. The fourth-order valence-electron chi connectivity index (χ4n) is 3.46. The van der Waals surface area contributed by atoms with E-state index in [1.807, 2.05) is 6.07 Å². The lowest BCUT2D eigenvalue weighted by molar-refractivity contribution is -0.383. The molecule has 7 heteroatoms. The lowest BCUT2D eigenvalue weighted by atomic mass is 10.2. The first-order chi connectivity index (χ1) is 10.2. The summed E-state index contributed by atoms with van der Waals surface area (Å²) >= 11 is 0. The fourth-order valence-corrected chi connectivity index (χ4v) is 3.46. The van der Waals surface area contributed by atoms with E-state index in [4.69, 9.17) is 5.84 Å². The zero-order valence-electron chi connectivity index (χ0n) is 12.0. The van der Waals surface area contributed by atoms with Crippen LogP contribution in [0.1, 0.15) is 19.3 Å². The molecule has 2 aliphatic rings. The monoisotopic (exact) mass is 291 g/mol. The van der Waals surface area contributed by atoms with Crippen molar-refractivity contribution in [1.29, 1.82) is 0 Å². The third kappa shape index (κ3) is 2.66. The molecular formula is C14H21N5O2. The van der Waals surface area contributed by atoms with Gasteiger partial charge < -0.3 is 10.3 Å². The summed E-state index contributed by atoms with van der Waals surface area (Å²) < 4.78 is 0. The smallest absolute Gasteiger partial charge is 0.316 e. The molecule has 0 amide bonds. The number of hydrogen-bond acceptors (Lipinski definition) is 6. The number of nitrogens with one attached hydrogen (secondary N) is 1. The predicted octanol–water partition coefficient (Wildman–Crippen LogP) is 1.55. The summed E-state index contributed by atoms with van der Waals surface area (Å²) in [5, 5.41) is 11.4. The molecule has 1 atom stereocenters. The number of nitro benzene ring substituents is 1. The number of nitro groups is 1. The second kappa shape index (κ2) is 5.87. The van der Waals surface area contributed by atoms with Crippen molar-refractivity contribution in [2.45, 2.75) is 25.3 Å². The number of hydrazine groups is 1. The van der Waals surface area contributed by atoms with E-state index in [-0.39, 0.29) is 10.6 Å². The Morgan fingerprint density at radius 3 is 2.71 bits per heavy atom. The molecule has 3 N–H and O–H groups in total. The van der Waals surface area contributed by atoms with E-state index in [0.717, 1.165) is 32.6 Å². The highest BCUT2D eigenvalue weighted by atomic mass is 16.6. The Bertz CT molecular complexity index is 530. The summed E-state index contributed by atoms with van der Waals surface area (Å²) in [5.41, 5.74) is 3.53. The van der Waals surface area contributed by atoms with Crippen molar-refractivity contribution in [3.63, 3.8) is 0 Å². The lowest BCUT2D eigenvalue weighted by Gasteiger charge is -2.24. The minimum atomic E-state index is -0.353. The number of rotatable bonds is 4. The number of anilines is 2. The molecule has 2 heterocycles. The maximum absolute atomic E-state index is 11.4. The number of para-hydroxylation sites is 1. The van der Waals surface area contributed by atoms with Crippen LogP contribution in [0.2, 0.25) is 0 Å². The molecule has 0 bridgehead atoms. The maximum atomic E-state index is 11.4. The van der Waals surface area contributed by atoms with Gasteiger partial charge in [0.15, 0.2) is 0 Å². The Balaban J connectivity index is 1.82. The predicted molar refractivity (Wildman–Crippen MR) is 82.3 cm³/mol. The summed E-state index contributed by atoms with van der Waals surface area (Å²) in [7, 11) is 0. The molecule has 2 saturated heterocycles. The Morgan fingerprint density at radius 1 is 1.29 bits per heavy atom. The fraction of sp³-hybridized carbons (Fsp3) is 0.571. The number of hydrogen-bond donors (Lipinski definition) is 2. The summed E-state index contributed by atoms with van der Waals surface area (Å²) in [6.07, 6.45) is 3.60. The summed E-state index contributed by atoms with van der Waals surface area (Å²) in [5.74, 6) is 5.40. The number of likely N-dealkylation sites (tertiary alicyclic amines) is 1. The van der Waals surface area contributed by atoms with Crippen LogP contribution >= 0.6 is 0 Å². The molecular weight excluding hydrogens is 270 g/mol. The molecule has 0 radical (unpaired) electrons. The average Bonchev–Trinajstić information content (AvgIpc) is 3.16. The molecule has 0 aromatic heterocycles. The summed E-state index contributed by atoms with van der Waals surface area (Å²) in [4.78, 5) is 15.6. The Morgan fingerprint density at radius 2 is 2.05 bits per heavy atom. The molecule has 2 fully saturated rings. The molecule has 3 rings (SSSR count). The number of nitrogens with two attached hydrogens (primary N) is 1. The van der Waals surface area contributed by atoms with Gasteiger partial charge in [0.1, 0.15) is 11.4 Å². The molecule has 1 unspecified atom stereocenters. The molecule has 0 aliphatic carbocycles. The van der Waals surface area contributed by atoms with Crippen molar-refractivity contribution < 1.29 is 4.92 Å². The lowest BCUT2D eigenvalue weighted by Crippen LogP contribution is -2.35. The van der Waals surface area contributed by atoms with E-state index in [2.05, 4.69) is 15.2 Å². The van der Waals surface area contributed by atoms with Crippen LogP contribution in [0.5, 0.6) is 0 Å². The van der Waals surface area contributed by atoms with E-state index < -0.39 is 0 Å². The molecule has 114 valence electrons. The molecule has 21 heavy (non-hydrogen) atoms. The van der Waals surface area contributed by atoms with E-state index in [1.165, 1.54) is 12.8 Å². The van der Waals surface area contributed by atoms with Crippen LogP contribution < -0.4 is 16.2 Å². The van der Waals surface area contributed by atoms with Gasteiger partial charge >= 0.3 is 5.69 Å². The van der Waals surface area contributed by atoms with Crippen LogP contribution in [0.4, 0.5) is 17.1 Å². The standard InChI is InChI=1S/C14H21N5O2/c15-16-12-4-3-5-13(14(12)19(20)21)18-9-6-11(10-18)17-7-1-2-8-17/h3-5,11,16H,1-2,6-10,15H2. The molecule has 1 aromatic carbocycles. The molecule has 2 aliphatic heterocycles. The minimum absolute atomic E-state index is 0.0714. The second-order valence-corrected chi connectivity index (χ2v) is 5.71. The van der Waals surface area contributed by atoms with Gasteiger partial charge in [-0.15, -0.1) is 0 Å². The van der Waals surface area contributed by atoms with Gasteiger partial charge in [-0.1, -0.05) is 6.07 Å². The van der Waals surface area contributed by atoms with E-state index >= 15 is 0 Å². The minimum Gasteiger partial charge on any atom is -0.364 e.